The van der Waals surface area contributed by atoms with Crippen LogP contribution in [0.15, 0.2) is 29.6 Å². The standard InChI is InChI=1S/C12H14N2OS/c1-3-15-11-7-5-4-6-9(11)10-8-16-12(13-2)14-10/h4-8H,3H2,1-2H3,(H,13,14). The van der Waals surface area contributed by atoms with E-state index in [1.54, 1.807) is 11.3 Å². The van der Waals surface area contributed by atoms with Crippen LogP contribution >= 0.6 is 11.3 Å². The second kappa shape index (κ2) is 4.99. The fourth-order valence-electron chi connectivity index (χ4n) is 1.47. The molecule has 84 valence electrons. The lowest BCUT2D eigenvalue weighted by Crippen LogP contribution is -1.94. The van der Waals surface area contributed by atoms with Crippen LogP contribution in [0.25, 0.3) is 11.3 Å². The number of ether oxygens (including phenoxy) is 1. The number of hydrogen-bond acceptors (Lipinski definition) is 4. The average Bonchev–Trinajstić information content (AvgIpc) is 2.79. The summed E-state index contributed by atoms with van der Waals surface area (Å²) in [5.74, 6) is 0.887. The lowest BCUT2D eigenvalue weighted by molar-refractivity contribution is 0.341. The van der Waals surface area contributed by atoms with Gasteiger partial charge in [-0.1, -0.05) is 12.1 Å². The Labute approximate surface area is 99.1 Å². The monoisotopic (exact) mass is 234 g/mol. The maximum atomic E-state index is 5.58. The first-order valence-corrected chi connectivity index (χ1v) is 6.08. The summed E-state index contributed by atoms with van der Waals surface area (Å²) in [6.07, 6.45) is 0. The third kappa shape index (κ3) is 2.17. The molecule has 4 heteroatoms. The summed E-state index contributed by atoms with van der Waals surface area (Å²) in [6.45, 7) is 2.65. The third-order valence-corrected chi connectivity index (χ3v) is 3.04. The number of anilines is 1. The fraction of sp³-hybridized carbons (Fsp3) is 0.250. The van der Waals surface area contributed by atoms with Gasteiger partial charge in [-0.15, -0.1) is 11.3 Å². The summed E-state index contributed by atoms with van der Waals surface area (Å²) in [6, 6.07) is 7.97. The summed E-state index contributed by atoms with van der Waals surface area (Å²) in [7, 11) is 1.87. The minimum atomic E-state index is 0.667. The van der Waals surface area contributed by atoms with Crippen molar-refractivity contribution in [3.63, 3.8) is 0 Å². The molecule has 1 N–H and O–H groups in total. The number of para-hydroxylation sites is 1. The molecule has 0 saturated heterocycles. The predicted molar refractivity (Wildman–Crippen MR) is 68.3 cm³/mol. The van der Waals surface area contributed by atoms with E-state index in [2.05, 4.69) is 10.3 Å². The van der Waals surface area contributed by atoms with Crippen molar-refractivity contribution in [3.05, 3.63) is 29.6 Å². The summed E-state index contributed by atoms with van der Waals surface area (Å²) in [5, 5.41) is 5.98. The zero-order valence-corrected chi connectivity index (χ0v) is 10.2. The zero-order chi connectivity index (χ0) is 11.4. The Morgan fingerprint density at radius 3 is 2.88 bits per heavy atom. The molecule has 2 aromatic rings. The molecule has 0 amide bonds. The summed E-state index contributed by atoms with van der Waals surface area (Å²) in [5.41, 5.74) is 2.00. The SMILES string of the molecule is CCOc1ccccc1-c1csc(NC)n1. The van der Waals surface area contributed by atoms with Gasteiger partial charge in [0.2, 0.25) is 0 Å². The highest BCUT2D eigenvalue weighted by molar-refractivity contribution is 7.14. The minimum absolute atomic E-state index is 0.667. The Kier molecular flexibility index (Phi) is 3.41. The number of rotatable bonds is 4. The molecule has 0 aliphatic carbocycles. The predicted octanol–water partition coefficient (Wildman–Crippen LogP) is 3.25. The molecule has 16 heavy (non-hydrogen) atoms. The van der Waals surface area contributed by atoms with E-state index in [1.807, 2.05) is 43.6 Å². The van der Waals surface area contributed by atoms with Gasteiger partial charge in [0, 0.05) is 18.0 Å². The summed E-state index contributed by atoms with van der Waals surface area (Å²) in [4.78, 5) is 4.47. The molecule has 3 nitrogen and oxygen atoms in total. The Bertz CT molecular complexity index is 468. The second-order valence-electron chi connectivity index (χ2n) is 3.22. The maximum absolute atomic E-state index is 5.58. The van der Waals surface area contributed by atoms with Gasteiger partial charge in [0.1, 0.15) is 5.75 Å². The molecule has 1 heterocycles. The van der Waals surface area contributed by atoms with E-state index in [1.165, 1.54) is 0 Å². The van der Waals surface area contributed by atoms with Gasteiger partial charge in [-0.3, -0.25) is 0 Å². The molecule has 0 atom stereocenters. The van der Waals surface area contributed by atoms with E-state index >= 15 is 0 Å². The Hall–Kier alpha value is -1.55. The summed E-state index contributed by atoms with van der Waals surface area (Å²) >= 11 is 1.59. The zero-order valence-electron chi connectivity index (χ0n) is 9.36. The molecule has 0 bridgehead atoms. The fourth-order valence-corrected chi connectivity index (χ4v) is 2.14. The average molecular weight is 234 g/mol. The number of hydrogen-bond donors (Lipinski definition) is 1. The van der Waals surface area contributed by atoms with Crippen LogP contribution in [-0.4, -0.2) is 18.6 Å². The van der Waals surface area contributed by atoms with E-state index in [4.69, 9.17) is 4.74 Å². The van der Waals surface area contributed by atoms with Crippen molar-refractivity contribution in [3.8, 4) is 17.0 Å². The van der Waals surface area contributed by atoms with Gasteiger partial charge in [0.25, 0.3) is 0 Å². The molecule has 0 spiro atoms. The molecule has 0 aliphatic rings. The van der Waals surface area contributed by atoms with Crippen LogP contribution in [0, 0.1) is 0 Å². The van der Waals surface area contributed by atoms with E-state index in [9.17, 15) is 0 Å². The Balaban J connectivity index is 2.38. The molecular weight excluding hydrogens is 220 g/mol. The van der Waals surface area contributed by atoms with E-state index in [-0.39, 0.29) is 0 Å². The largest absolute Gasteiger partial charge is 0.493 e. The number of nitrogens with zero attached hydrogens (tertiary/aromatic N) is 1. The maximum Gasteiger partial charge on any atom is 0.182 e. The van der Waals surface area contributed by atoms with Crippen LogP contribution in [0.4, 0.5) is 5.13 Å². The van der Waals surface area contributed by atoms with Crippen molar-refractivity contribution in [1.29, 1.82) is 0 Å². The highest BCUT2D eigenvalue weighted by Gasteiger charge is 2.08. The van der Waals surface area contributed by atoms with Crippen molar-refractivity contribution < 1.29 is 4.74 Å². The summed E-state index contributed by atoms with van der Waals surface area (Å²) < 4.78 is 5.58. The molecular formula is C12H14N2OS. The van der Waals surface area contributed by atoms with Crippen molar-refractivity contribution in [2.45, 2.75) is 6.92 Å². The van der Waals surface area contributed by atoms with Gasteiger partial charge in [0.05, 0.1) is 12.3 Å². The van der Waals surface area contributed by atoms with Gasteiger partial charge in [-0.05, 0) is 19.1 Å². The lowest BCUT2D eigenvalue weighted by Gasteiger charge is -2.07. The van der Waals surface area contributed by atoms with E-state index in [0.717, 1.165) is 22.1 Å². The van der Waals surface area contributed by atoms with Crippen LogP contribution in [-0.2, 0) is 0 Å². The second-order valence-corrected chi connectivity index (χ2v) is 4.08. The molecule has 0 aliphatic heterocycles. The molecule has 1 aromatic heterocycles. The first-order valence-electron chi connectivity index (χ1n) is 5.20. The molecule has 1 aromatic carbocycles. The molecule has 0 saturated carbocycles. The van der Waals surface area contributed by atoms with Crippen LogP contribution in [0.1, 0.15) is 6.92 Å². The van der Waals surface area contributed by atoms with Gasteiger partial charge < -0.3 is 10.1 Å². The van der Waals surface area contributed by atoms with Gasteiger partial charge >= 0.3 is 0 Å². The topological polar surface area (TPSA) is 34.1 Å². The number of nitrogens with one attached hydrogen (secondary N) is 1. The molecule has 0 radical (unpaired) electrons. The van der Waals surface area contributed by atoms with Crippen molar-refractivity contribution >= 4 is 16.5 Å². The highest BCUT2D eigenvalue weighted by Crippen LogP contribution is 2.31. The van der Waals surface area contributed by atoms with Crippen molar-refractivity contribution in [2.24, 2.45) is 0 Å². The smallest absolute Gasteiger partial charge is 0.182 e. The molecule has 0 fully saturated rings. The van der Waals surface area contributed by atoms with E-state index < -0.39 is 0 Å². The van der Waals surface area contributed by atoms with Gasteiger partial charge in [0.15, 0.2) is 5.13 Å². The molecule has 0 unspecified atom stereocenters. The van der Waals surface area contributed by atoms with Crippen molar-refractivity contribution in [1.82, 2.24) is 4.98 Å². The van der Waals surface area contributed by atoms with Crippen LogP contribution < -0.4 is 10.1 Å². The number of benzene rings is 1. The number of thiazole rings is 1. The third-order valence-electron chi connectivity index (χ3n) is 2.18. The first-order chi connectivity index (χ1) is 7.85. The minimum Gasteiger partial charge on any atom is -0.493 e. The van der Waals surface area contributed by atoms with Crippen LogP contribution in [0.5, 0.6) is 5.75 Å². The van der Waals surface area contributed by atoms with E-state index in [0.29, 0.717) is 6.61 Å². The van der Waals surface area contributed by atoms with Crippen LogP contribution in [0.2, 0.25) is 0 Å². The lowest BCUT2D eigenvalue weighted by atomic mass is 10.1. The quantitative estimate of drug-likeness (QED) is 0.881. The highest BCUT2D eigenvalue weighted by atomic mass is 32.1. The number of aromatic nitrogens is 1. The van der Waals surface area contributed by atoms with Crippen LogP contribution in [0.3, 0.4) is 0 Å². The van der Waals surface area contributed by atoms with Gasteiger partial charge in [-0.25, -0.2) is 4.98 Å². The normalized spacial score (nSPS) is 10.1. The first kappa shape index (κ1) is 11.0. The van der Waals surface area contributed by atoms with Crippen molar-refractivity contribution in [2.75, 3.05) is 19.0 Å². The Morgan fingerprint density at radius 2 is 2.19 bits per heavy atom. The Morgan fingerprint density at radius 1 is 1.38 bits per heavy atom. The van der Waals surface area contributed by atoms with Gasteiger partial charge in [-0.2, -0.15) is 0 Å². The molecule has 2 rings (SSSR count).